The van der Waals surface area contributed by atoms with Crippen molar-refractivity contribution < 1.29 is 19.4 Å². The van der Waals surface area contributed by atoms with Gasteiger partial charge in [0.15, 0.2) is 0 Å². The SMILES string of the molecule is CCC(CC)C1CCCCC1OC(=O)OC(CC)(CC)C1CCCCC1O. The molecule has 2 fully saturated rings. The minimum Gasteiger partial charge on any atom is -0.431 e. The average molecular weight is 383 g/mol. The number of carbonyl (C=O) groups is 1. The van der Waals surface area contributed by atoms with Gasteiger partial charge in [0.2, 0.25) is 0 Å². The fraction of sp³-hybridized carbons (Fsp3) is 0.957. The summed E-state index contributed by atoms with van der Waals surface area (Å²) in [6, 6.07) is 0. The van der Waals surface area contributed by atoms with Crippen LogP contribution in [0, 0.1) is 17.8 Å². The predicted molar refractivity (Wildman–Crippen MR) is 109 cm³/mol. The predicted octanol–water partition coefficient (Wildman–Crippen LogP) is 6.24. The lowest BCUT2D eigenvalue weighted by Crippen LogP contribution is -2.49. The van der Waals surface area contributed by atoms with Gasteiger partial charge < -0.3 is 14.6 Å². The average Bonchev–Trinajstić information content (AvgIpc) is 2.69. The Morgan fingerprint density at radius 1 is 0.963 bits per heavy atom. The molecule has 0 spiro atoms. The molecule has 1 N–H and O–H groups in total. The zero-order valence-electron chi connectivity index (χ0n) is 18.0. The van der Waals surface area contributed by atoms with Crippen molar-refractivity contribution in [3.63, 3.8) is 0 Å². The molecular weight excluding hydrogens is 340 g/mol. The van der Waals surface area contributed by atoms with Crippen LogP contribution in [0.15, 0.2) is 0 Å². The molecule has 0 aromatic rings. The van der Waals surface area contributed by atoms with Crippen molar-refractivity contribution >= 4 is 6.16 Å². The van der Waals surface area contributed by atoms with Gasteiger partial charge in [-0.15, -0.1) is 0 Å². The molecule has 2 saturated carbocycles. The van der Waals surface area contributed by atoms with E-state index in [2.05, 4.69) is 27.7 Å². The summed E-state index contributed by atoms with van der Waals surface area (Å²) in [5.74, 6) is 1.10. The second-order valence-corrected chi connectivity index (χ2v) is 8.76. The Hall–Kier alpha value is -0.770. The third-order valence-corrected chi connectivity index (χ3v) is 7.54. The first kappa shape index (κ1) is 22.5. The molecule has 2 rings (SSSR count). The molecule has 0 aliphatic heterocycles. The van der Waals surface area contributed by atoms with E-state index in [1.807, 2.05) is 0 Å². The Morgan fingerprint density at radius 2 is 1.56 bits per heavy atom. The van der Waals surface area contributed by atoms with E-state index in [-0.39, 0.29) is 18.1 Å². The van der Waals surface area contributed by atoms with E-state index in [1.54, 1.807) is 0 Å². The van der Waals surface area contributed by atoms with E-state index in [1.165, 1.54) is 6.42 Å². The van der Waals surface area contributed by atoms with E-state index < -0.39 is 11.8 Å². The van der Waals surface area contributed by atoms with Crippen molar-refractivity contribution in [3.8, 4) is 0 Å². The summed E-state index contributed by atoms with van der Waals surface area (Å²) in [5, 5.41) is 10.5. The highest BCUT2D eigenvalue weighted by molar-refractivity contribution is 5.61. The molecule has 0 aromatic carbocycles. The van der Waals surface area contributed by atoms with Gasteiger partial charge in [-0.1, -0.05) is 59.8 Å². The van der Waals surface area contributed by atoms with Gasteiger partial charge >= 0.3 is 6.16 Å². The van der Waals surface area contributed by atoms with Gasteiger partial charge in [-0.05, 0) is 56.8 Å². The molecule has 4 nitrogen and oxygen atoms in total. The Bertz CT molecular complexity index is 442. The molecule has 0 amide bonds. The van der Waals surface area contributed by atoms with E-state index in [0.717, 1.165) is 70.6 Å². The Labute approximate surface area is 166 Å². The molecule has 4 atom stereocenters. The van der Waals surface area contributed by atoms with E-state index in [9.17, 15) is 9.90 Å². The highest BCUT2D eigenvalue weighted by Crippen LogP contribution is 2.41. The first-order valence-corrected chi connectivity index (χ1v) is 11.6. The minimum atomic E-state index is -0.601. The molecule has 0 bridgehead atoms. The maximum absolute atomic E-state index is 12.8. The summed E-state index contributed by atoms with van der Waals surface area (Å²) >= 11 is 0. The summed E-state index contributed by atoms with van der Waals surface area (Å²) in [7, 11) is 0. The summed E-state index contributed by atoms with van der Waals surface area (Å²) in [4.78, 5) is 12.8. The molecule has 27 heavy (non-hydrogen) atoms. The van der Waals surface area contributed by atoms with Crippen LogP contribution >= 0.6 is 0 Å². The lowest BCUT2D eigenvalue weighted by atomic mass is 9.72. The maximum Gasteiger partial charge on any atom is 0.509 e. The van der Waals surface area contributed by atoms with Crippen LogP contribution in [-0.2, 0) is 9.47 Å². The lowest BCUT2D eigenvalue weighted by Gasteiger charge is -2.43. The molecular formula is C23H42O4. The van der Waals surface area contributed by atoms with Crippen molar-refractivity contribution in [1.82, 2.24) is 0 Å². The Kier molecular flexibility index (Phi) is 8.91. The second-order valence-electron chi connectivity index (χ2n) is 8.76. The third-order valence-electron chi connectivity index (χ3n) is 7.54. The van der Waals surface area contributed by atoms with Crippen LogP contribution in [0.3, 0.4) is 0 Å². The van der Waals surface area contributed by atoms with Crippen LogP contribution in [0.25, 0.3) is 0 Å². The van der Waals surface area contributed by atoms with E-state index in [4.69, 9.17) is 9.47 Å². The number of ether oxygens (including phenoxy) is 2. The van der Waals surface area contributed by atoms with Crippen molar-refractivity contribution in [1.29, 1.82) is 0 Å². The molecule has 4 heteroatoms. The zero-order chi connectivity index (χ0) is 19.9. The Morgan fingerprint density at radius 3 is 2.15 bits per heavy atom. The molecule has 2 aliphatic carbocycles. The fourth-order valence-electron chi connectivity index (χ4n) is 5.74. The van der Waals surface area contributed by atoms with Gasteiger partial charge in [-0.3, -0.25) is 0 Å². The van der Waals surface area contributed by atoms with Gasteiger partial charge in [-0.2, -0.15) is 0 Å². The van der Waals surface area contributed by atoms with Gasteiger partial charge in [0.1, 0.15) is 11.7 Å². The van der Waals surface area contributed by atoms with Gasteiger partial charge in [-0.25, -0.2) is 4.79 Å². The monoisotopic (exact) mass is 382 g/mol. The largest absolute Gasteiger partial charge is 0.509 e. The van der Waals surface area contributed by atoms with Crippen LogP contribution in [0.4, 0.5) is 4.79 Å². The highest BCUT2D eigenvalue weighted by atomic mass is 16.7. The van der Waals surface area contributed by atoms with Crippen molar-refractivity contribution in [2.75, 3.05) is 0 Å². The number of aliphatic hydroxyl groups excluding tert-OH is 1. The zero-order valence-corrected chi connectivity index (χ0v) is 18.0. The van der Waals surface area contributed by atoms with Crippen molar-refractivity contribution in [2.24, 2.45) is 17.8 Å². The molecule has 0 heterocycles. The molecule has 0 aromatic heterocycles. The molecule has 0 saturated heterocycles. The van der Waals surface area contributed by atoms with Crippen LogP contribution in [0.1, 0.15) is 105 Å². The van der Waals surface area contributed by atoms with Gasteiger partial charge in [0.05, 0.1) is 6.10 Å². The molecule has 2 aliphatic rings. The molecule has 158 valence electrons. The smallest absolute Gasteiger partial charge is 0.431 e. The first-order chi connectivity index (χ1) is 13.0. The minimum absolute atomic E-state index is 0.0150. The number of hydrogen-bond donors (Lipinski definition) is 1. The fourth-order valence-corrected chi connectivity index (χ4v) is 5.74. The summed E-state index contributed by atoms with van der Waals surface area (Å²) in [6.45, 7) is 8.60. The Balaban J connectivity index is 2.06. The number of aliphatic hydroxyl groups is 1. The summed E-state index contributed by atoms with van der Waals surface area (Å²) in [5.41, 5.74) is -0.601. The van der Waals surface area contributed by atoms with Crippen molar-refractivity contribution in [3.05, 3.63) is 0 Å². The quantitative estimate of drug-likeness (QED) is 0.504. The van der Waals surface area contributed by atoms with E-state index in [0.29, 0.717) is 11.8 Å². The van der Waals surface area contributed by atoms with Crippen molar-refractivity contribution in [2.45, 2.75) is 123 Å². The van der Waals surface area contributed by atoms with E-state index >= 15 is 0 Å². The van der Waals surface area contributed by atoms with Crippen LogP contribution < -0.4 is 0 Å². The number of carbonyl (C=O) groups excluding carboxylic acids is 1. The number of rotatable bonds is 8. The topological polar surface area (TPSA) is 55.8 Å². The second kappa shape index (κ2) is 10.7. The standard InChI is InChI=1S/C23H42O4/c1-5-17(6-2)18-13-9-12-16-21(18)26-22(25)27-23(7-3,8-4)19-14-10-11-15-20(19)24/h17-21,24H,5-16H2,1-4H3. The lowest BCUT2D eigenvalue weighted by molar-refractivity contribution is -0.128. The molecule has 0 radical (unpaired) electrons. The van der Waals surface area contributed by atoms with Gasteiger partial charge in [0.25, 0.3) is 0 Å². The van der Waals surface area contributed by atoms with Crippen LogP contribution in [0.2, 0.25) is 0 Å². The first-order valence-electron chi connectivity index (χ1n) is 11.6. The van der Waals surface area contributed by atoms with Crippen LogP contribution in [0.5, 0.6) is 0 Å². The molecule has 4 unspecified atom stereocenters. The number of hydrogen-bond acceptors (Lipinski definition) is 4. The third kappa shape index (κ3) is 5.40. The van der Waals surface area contributed by atoms with Crippen LogP contribution in [-0.4, -0.2) is 29.1 Å². The van der Waals surface area contributed by atoms with Gasteiger partial charge in [0, 0.05) is 5.92 Å². The summed E-state index contributed by atoms with van der Waals surface area (Å²) in [6.07, 6.45) is 11.2. The summed E-state index contributed by atoms with van der Waals surface area (Å²) < 4.78 is 12.0. The normalized spacial score (nSPS) is 29.6. The maximum atomic E-state index is 12.8. The highest BCUT2D eigenvalue weighted by Gasteiger charge is 2.45.